The van der Waals surface area contributed by atoms with Crippen LogP contribution in [-0.2, 0) is 4.74 Å². The number of morpholine rings is 1. The van der Waals surface area contributed by atoms with Gasteiger partial charge in [-0.05, 0) is 24.6 Å². The first-order chi connectivity index (χ1) is 10.2. The lowest BCUT2D eigenvalue weighted by atomic mass is 10.2. The summed E-state index contributed by atoms with van der Waals surface area (Å²) in [5, 5.41) is 2.78. The number of rotatable bonds is 5. The smallest absolute Gasteiger partial charge is 0.317 e. The van der Waals surface area contributed by atoms with E-state index in [0.717, 1.165) is 11.3 Å². The summed E-state index contributed by atoms with van der Waals surface area (Å²) >= 11 is 0. The van der Waals surface area contributed by atoms with Crippen LogP contribution >= 0.6 is 0 Å². The molecule has 1 saturated heterocycles. The van der Waals surface area contributed by atoms with Crippen molar-refractivity contribution in [2.45, 2.75) is 13.0 Å². The van der Waals surface area contributed by atoms with Gasteiger partial charge < -0.3 is 19.7 Å². The Hall–Kier alpha value is -2.01. The minimum Gasteiger partial charge on any atom is -0.491 e. The molecule has 0 aromatic heterocycles. The van der Waals surface area contributed by atoms with Gasteiger partial charge >= 0.3 is 6.03 Å². The first-order valence-electron chi connectivity index (χ1n) is 7.14. The zero-order valence-electron chi connectivity index (χ0n) is 12.4. The molecule has 1 aromatic rings. The maximum absolute atomic E-state index is 11.9. The second-order valence-corrected chi connectivity index (χ2v) is 5.04. The van der Waals surface area contributed by atoms with E-state index in [1.165, 1.54) is 0 Å². The van der Waals surface area contributed by atoms with Gasteiger partial charge in [0.2, 0.25) is 0 Å². The summed E-state index contributed by atoms with van der Waals surface area (Å²) < 4.78 is 11.4. The molecule has 1 aliphatic heterocycles. The molecule has 21 heavy (non-hydrogen) atoms. The number of carbonyl (C=O) groups excluding carboxylic acids is 1. The lowest BCUT2D eigenvalue weighted by Gasteiger charge is -2.32. The molecule has 1 unspecified atom stereocenters. The van der Waals surface area contributed by atoms with E-state index in [-0.39, 0.29) is 12.1 Å². The highest BCUT2D eigenvalue weighted by molar-refractivity contribution is 5.74. The Balaban J connectivity index is 1.81. The molecule has 5 nitrogen and oxygen atoms in total. The SMILES string of the molecule is C=CCNC(=O)N1CCOC(COc2cccc(C)c2)C1. The highest BCUT2D eigenvalue weighted by atomic mass is 16.5. The highest BCUT2D eigenvalue weighted by Gasteiger charge is 2.24. The van der Waals surface area contributed by atoms with Crippen LogP contribution in [0, 0.1) is 6.92 Å². The molecular weight excluding hydrogens is 268 g/mol. The Morgan fingerprint density at radius 3 is 3.24 bits per heavy atom. The van der Waals surface area contributed by atoms with Gasteiger partial charge in [-0.3, -0.25) is 0 Å². The molecule has 0 radical (unpaired) electrons. The number of aryl methyl sites for hydroxylation is 1. The third-order valence-electron chi connectivity index (χ3n) is 3.25. The van der Waals surface area contributed by atoms with Gasteiger partial charge in [0.05, 0.1) is 13.2 Å². The molecule has 0 saturated carbocycles. The van der Waals surface area contributed by atoms with Crippen molar-refractivity contribution in [3.63, 3.8) is 0 Å². The van der Waals surface area contributed by atoms with Gasteiger partial charge in [-0.1, -0.05) is 18.2 Å². The number of amides is 2. The molecule has 1 N–H and O–H groups in total. The molecule has 0 spiro atoms. The highest BCUT2D eigenvalue weighted by Crippen LogP contribution is 2.14. The largest absolute Gasteiger partial charge is 0.491 e. The second-order valence-electron chi connectivity index (χ2n) is 5.04. The first-order valence-corrected chi connectivity index (χ1v) is 7.14. The fourth-order valence-corrected chi connectivity index (χ4v) is 2.17. The lowest BCUT2D eigenvalue weighted by molar-refractivity contribution is -0.0351. The van der Waals surface area contributed by atoms with Crippen molar-refractivity contribution >= 4 is 6.03 Å². The van der Waals surface area contributed by atoms with Crippen LogP contribution in [0.2, 0.25) is 0 Å². The van der Waals surface area contributed by atoms with Crippen molar-refractivity contribution in [3.8, 4) is 5.75 Å². The van der Waals surface area contributed by atoms with Crippen LogP contribution in [0.25, 0.3) is 0 Å². The van der Waals surface area contributed by atoms with Crippen LogP contribution < -0.4 is 10.1 Å². The normalized spacial score (nSPS) is 18.1. The molecule has 1 heterocycles. The maximum atomic E-state index is 11.9. The summed E-state index contributed by atoms with van der Waals surface area (Å²) in [5.41, 5.74) is 1.16. The molecule has 1 atom stereocenters. The number of urea groups is 1. The Kier molecular flexibility index (Phi) is 5.63. The van der Waals surface area contributed by atoms with Crippen LogP contribution in [0.4, 0.5) is 4.79 Å². The third kappa shape index (κ3) is 4.79. The van der Waals surface area contributed by atoms with Crippen LogP contribution in [0.1, 0.15) is 5.56 Å². The molecule has 1 aromatic carbocycles. The summed E-state index contributed by atoms with van der Waals surface area (Å²) in [4.78, 5) is 13.6. The number of benzene rings is 1. The quantitative estimate of drug-likeness (QED) is 0.844. The molecular formula is C16H22N2O3. The van der Waals surface area contributed by atoms with Crippen LogP contribution in [0.5, 0.6) is 5.75 Å². The summed E-state index contributed by atoms with van der Waals surface area (Å²) in [6.07, 6.45) is 1.56. The average molecular weight is 290 g/mol. The van der Waals surface area contributed by atoms with Crippen molar-refractivity contribution in [2.24, 2.45) is 0 Å². The standard InChI is InChI=1S/C16H22N2O3/c1-3-7-17-16(19)18-8-9-20-15(11-18)12-21-14-6-4-5-13(2)10-14/h3-6,10,15H,1,7-9,11-12H2,2H3,(H,17,19). The van der Waals surface area contributed by atoms with Crippen molar-refractivity contribution in [1.82, 2.24) is 10.2 Å². The van der Waals surface area contributed by atoms with Crippen molar-refractivity contribution < 1.29 is 14.3 Å². The van der Waals surface area contributed by atoms with Gasteiger partial charge in [-0.2, -0.15) is 0 Å². The van der Waals surface area contributed by atoms with Crippen LogP contribution in [0.3, 0.4) is 0 Å². The number of nitrogens with zero attached hydrogens (tertiary/aromatic N) is 1. The summed E-state index contributed by atoms with van der Waals surface area (Å²) in [7, 11) is 0. The Morgan fingerprint density at radius 2 is 2.48 bits per heavy atom. The third-order valence-corrected chi connectivity index (χ3v) is 3.25. The monoisotopic (exact) mass is 290 g/mol. The zero-order chi connectivity index (χ0) is 15.1. The predicted octanol–water partition coefficient (Wildman–Crippen LogP) is 1.97. The van der Waals surface area contributed by atoms with E-state index in [2.05, 4.69) is 11.9 Å². The van der Waals surface area contributed by atoms with E-state index in [1.807, 2.05) is 31.2 Å². The second kappa shape index (κ2) is 7.69. The summed E-state index contributed by atoms with van der Waals surface area (Å²) in [6, 6.07) is 7.80. The van der Waals surface area contributed by atoms with Crippen molar-refractivity contribution in [1.29, 1.82) is 0 Å². The van der Waals surface area contributed by atoms with Crippen molar-refractivity contribution in [3.05, 3.63) is 42.5 Å². The molecule has 0 aliphatic carbocycles. The Bertz CT molecular complexity index is 490. The van der Waals surface area contributed by atoms with Crippen molar-refractivity contribution in [2.75, 3.05) is 32.8 Å². The molecule has 2 amide bonds. The van der Waals surface area contributed by atoms with Gasteiger partial charge in [-0.25, -0.2) is 4.79 Å². The zero-order valence-corrected chi connectivity index (χ0v) is 12.4. The van der Waals surface area contributed by atoms with E-state index in [0.29, 0.717) is 32.8 Å². The predicted molar refractivity (Wildman–Crippen MR) is 81.6 cm³/mol. The minimum atomic E-state index is -0.103. The van der Waals surface area contributed by atoms with Crippen LogP contribution in [-0.4, -0.2) is 49.9 Å². The molecule has 1 aliphatic rings. The average Bonchev–Trinajstić information content (AvgIpc) is 2.51. The molecule has 2 rings (SSSR count). The Morgan fingerprint density at radius 1 is 1.62 bits per heavy atom. The van der Waals surface area contributed by atoms with Gasteiger partial charge in [0.25, 0.3) is 0 Å². The first kappa shape index (κ1) is 15.4. The van der Waals surface area contributed by atoms with E-state index < -0.39 is 0 Å². The van der Waals surface area contributed by atoms with Gasteiger partial charge in [0, 0.05) is 13.1 Å². The number of hydrogen-bond acceptors (Lipinski definition) is 3. The van der Waals surface area contributed by atoms with Gasteiger partial charge in [-0.15, -0.1) is 6.58 Å². The number of nitrogens with one attached hydrogen (secondary N) is 1. The number of ether oxygens (including phenoxy) is 2. The maximum Gasteiger partial charge on any atom is 0.317 e. The molecule has 5 heteroatoms. The summed E-state index contributed by atoms with van der Waals surface area (Å²) in [5.74, 6) is 0.826. The Labute approximate surface area is 125 Å². The minimum absolute atomic E-state index is 0.0845. The molecule has 0 bridgehead atoms. The van der Waals surface area contributed by atoms with Gasteiger partial charge in [0.1, 0.15) is 18.5 Å². The van der Waals surface area contributed by atoms with E-state index >= 15 is 0 Å². The number of hydrogen-bond donors (Lipinski definition) is 1. The lowest BCUT2D eigenvalue weighted by Crippen LogP contribution is -2.51. The topological polar surface area (TPSA) is 50.8 Å². The summed E-state index contributed by atoms with van der Waals surface area (Å²) in [6.45, 7) is 8.19. The fourth-order valence-electron chi connectivity index (χ4n) is 2.17. The van der Waals surface area contributed by atoms with E-state index in [9.17, 15) is 4.79 Å². The van der Waals surface area contributed by atoms with Gasteiger partial charge in [0.15, 0.2) is 0 Å². The molecule has 114 valence electrons. The number of carbonyl (C=O) groups is 1. The molecule has 1 fully saturated rings. The van der Waals surface area contributed by atoms with Crippen LogP contribution in [0.15, 0.2) is 36.9 Å². The van der Waals surface area contributed by atoms with E-state index in [1.54, 1.807) is 11.0 Å². The van der Waals surface area contributed by atoms with E-state index in [4.69, 9.17) is 9.47 Å². The fraction of sp³-hybridized carbons (Fsp3) is 0.438.